The zero-order valence-corrected chi connectivity index (χ0v) is 13.2. The van der Waals surface area contributed by atoms with E-state index in [2.05, 4.69) is 57.3 Å². The summed E-state index contributed by atoms with van der Waals surface area (Å²) in [6.45, 7) is 10.2. The van der Waals surface area contributed by atoms with E-state index in [0.29, 0.717) is 6.04 Å². The van der Waals surface area contributed by atoms with Crippen molar-refractivity contribution >= 4 is 0 Å². The smallest absolute Gasteiger partial charge is 0.00901 e. The molecule has 1 N–H and O–H groups in total. The molecule has 0 heterocycles. The van der Waals surface area contributed by atoms with Gasteiger partial charge >= 0.3 is 0 Å². The maximum Gasteiger partial charge on any atom is 0.00901 e. The van der Waals surface area contributed by atoms with E-state index >= 15 is 0 Å². The molecule has 1 aromatic carbocycles. The Labute approximate surface area is 119 Å². The van der Waals surface area contributed by atoms with E-state index in [1.165, 1.54) is 36.8 Å². The molecule has 1 heteroatoms. The van der Waals surface area contributed by atoms with E-state index in [-0.39, 0.29) is 0 Å². The van der Waals surface area contributed by atoms with Crippen LogP contribution >= 0.6 is 0 Å². The van der Waals surface area contributed by atoms with Gasteiger partial charge in [-0.05, 0) is 55.7 Å². The summed E-state index contributed by atoms with van der Waals surface area (Å²) in [6.07, 6.45) is 6.14. The Balaban J connectivity index is 2.33. The van der Waals surface area contributed by atoms with Crippen molar-refractivity contribution in [2.45, 2.75) is 65.8 Å². The summed E-state index contributed by atoms with van der Waals surface area (Å²) in [5.74, 6) is 0.731. The summed E-state index contributed by atoms with van der Waals surface area (Å²) in [4.78, 5) is 0. The van der Waals surface area contributed by atoms with Crippen molar-refractivity contribution < 1.29 is 0 Å². The van der Waals surface area contributed by atoms with Gasteiger partial charge in [-0.2, -0.15) is 0 Å². The summed E-state index contributed by atoms with van der Waals surface area (Å²) >= 11 is 0. The minimum Gasteiger partial charge on any atom is -0.314 e. The zero-order valence-electron chi connectivity index (χ0n) is 13.2. The SMILES string of the molecule is CCCNC(CCCc1ccc(CC)cc1)C(C)C. The Hall–Kier alpha value is -0.820. The number of benzene rings is 1. The predicted octanol–water partition coefficient (Wildman–Crippen LogP) is 4.60. The molecule has 0 amide bonds. The van der Waals surface area contributed by atoms with Gasteiger partial charge in [-0.1, -0.05) is 52.0 Å². The standard InChI is InChI=1S/C18H31N/c1-5-14-19-18(15(3)4)9-7-8-17-12-10-16(6-2)11-13-17/h10-13,15,18-19H,5-9,14H2,1-4H3. The van der Waals surface area contributed by atoms with E-state index in [1.807, 2.05) is 0 Å². The fourth-order valence-corrected chi connectivity index (χ4v) is 2.47. The lowest BCUT2D eigenvalue weighted by Gasteiger charge is -2.22. The Bertz CT molecular complexity index is 326. The van der Waals surface area contributed by atoms with Crippen LogP contribution in [0.4, 0.5) is 0 Å². The molecule has 0 aliphatic heterocycles. The molecule has 1 nitrogen and oxygen atoms in total. The maximum atomic E-state index is 3.67. The lowest BCUT2D eigenvalue weighted by molar-refractivity contribution is 0.370. The van der Waals surface area contributed by atoms with Crippen molar-refractivity contribution in [2.24, 2.45) is 5.92 Å². The average molecular weight is 261 g/mol. The first-order valence-electron chi connectivity index (χ1n) is 7.98. The van der Waals surface area contributed by atoms with Gasteiger partial charge in [0.05, 0.1) is 0 Å². The summed E-state index contributed by atoms with van der Waals surface area (Å²) in [7, 11) is 0. The van der Waals surface area contributed by atoms with E-state index in [4.69, 9.17) is 0 Å². The van der Waals surface area contributed by atoms with Gasteiger partial charge in [0.25, 0.3) is 0 Å². The molecule has 0 fully saturated rings. The Morgan fingerprint density at radius 3 is 2.16 bits per heavy atom. The summed E-state index contributed by atoms with van der Waals surface area (Å²) < 4.78 is 0. The van der Waals surface area contributed by atoms with E-state index in [9.17, 15) is 0 Å². The normalized spacial score (nSPS) is 12.9. The van der Waals surface area contributed by atoms with Gasteiger partial charge in [-0.25, -0.2) is 0 Å². The topological polar surface area (TPSA) is 12.0 Å². The van der Waals surface area contributed by atoms with Crippen molar-refractivity contribution in [2.75, 3.05) is 6.54 Å². The van der Waals surface area contributed by atoms with Crippen LogP contribution in [0.5, 0.6) is 0 Å². The predicted molar refractivity (Wildman–Crippen MR) is 85.7 cm³/mol. The molecule has 0 spiro atoms. The van der Waals surface area contributed by atoms with Crippen molar-refractivity contribution in [3.63, 3.8) is 0 Å². The molecule has 1 aromatic rings. The molecule has 0 saturated heterocycles. The maximum absolute atomic E-state index is 3.67. The zero-order chi connectivity index (χ0) is 14.1. The summed E-state index contributed by atoms with van der Waals surface area (Å²) in [5, 5.41) is 3.67. The molecule has 1 atom stereocenters. The molecule has 0 aliphatic rings. The lowest BCUT2D eigenvalue weighted by Crippen LogP contribution is -2.34. The molecular formula is C18H31N. The third kappa shape index (κ3) is 6.24. The van der Waals surface area contributed by atoms with Gasteiger partial charge < -0.3 is 5.32 Å². The third-order valence-electron chi connectivity index (χ3n) is 3.87. The molecule has 1 unspecified atom stereocenters. The first kappa shape index (κ1) is 16.2. The van der Waals surface area contributed by atoms with Gasteiger partial charge in [0, 0.05) is 6.04 Å². The van der Waals surface area contributed by atoms with Crippen LogP contribution in [-0.2, 0) is 12.8 Å². The highest BCUT2D eigenvalue weighted by atomic mass is 14.9. The van der Waals surface area contributed by atoms with Crippen LogP contribution < -0.4 is 5.32 Å². The monoisotopic (exact) mass is 261 g/mol. The minimum atomic E-state index is 0.676. The Kier molecular flexibility index (Phi) is 7.81. The van der Waals surface area contributed by atoms with Crippen LogP contribution in [0.3, 0.4) is 0 Å². The molecule has 0 aromatic heterocycles. The second-order valence-electron chi connectivity index (χ2n) is 5.87. The molecule has 0 saturated carbocycles. The van der Waals surface area contributed by atoms with Gasteiger partial charge in [0.2, 0.25) is 0 Å². The number of aryl methyl sites for hydroxylation is 2. The van der Waals surface area contributed by atoms with Crippen LogP contribution in [0, 0.1) is 5.92 Å². The summed E-state index contributed by atoms with van der Waals surface area (Å²) in [6, 6.07) is 9.80. The first-order chi connectivity index (χ1) is 9.17. The molecule has 19 heavy (non-hydrogen) atoms. The van der Waals surface area contributed by atoms with Crippen molar-refractivity contribution in [1.82, 2.24) is 5.32 Å². The molecular weight excluding hydrogens is 230 g/mol. The highest BCUT2D eigenvalue weighted by molar-refractivity contribution is 5.22. The van der Waals surface area contributed by atoms with E-state index in [0.717, 1.165) is 18.9 Å². The fraction of sp³-hybridized carbons (Fsp3) is 0.667. The van der Waals surface area contributed by atoms with Crippen LogP contribution in [0.25, 0.3) is 0 Å². The van der Waals surface area contributed by atoms with Gasteiger partial charge in [-0.3, -0.25) is 0 Å². The number of nitrogens with one attached hydrogen (secondary N) is 1. The van der Waals surface area contributed by atoms with Crippen molar-refractivity contribution in [3.8, 4) is 0 Å². The first-order valence-corrected chi connectivity index (χ1v) is 7.98. The van der Waals surface area contributed by atoms with E-state index < -0.39 is 0 Å². The van der Waals surface area contributed by atoms with Gasteiger partial charge in [-0.15, -0.1) is 0 Å². The van der Waals surface area contributed by atoms with Crippen LogP contribution in [0.2, 0.25) is 0 Å². The third-order valence-corrected chi connectivity index (χ3v) is 3.87. The molecule has 0 radical (unpaired) electrons. The van der Waals surface area contributed by atoms with Gasteiger partial charge in [0.1, 0.15) is 0 Å². The minimum absolute atomic E-state index is 0.676. The summed E-state index contributed by atoms with van der Waals surface area (Å²) in [5.41, 5.74) is 2.92. The lowest BCUT2D eigenvalue weighted by atomic mass is 9.96. The van der Waals surface area contributed by atoms with Crippen LogP contribution in [0.1, 0.15) is 58.1 Å². The highest BCUT2D eigenvalue weighted by Gasteiger charge is 2.11. The van der Waals surface area contributed by atoms with Crippen molar-refractivity contribution in [3.05, 3.63) is 35.4 Å². The molecule has 108 valence electrons. The van der Waals surface area contributed by atoms with E-state index in [1.54, 1.807) is 0 Å². The van der Waals surface area contributed by atoms with Crippen molar-refractivity contribution in [1.29, 1.82) is 0 Å². The molecule has 1 rings (SSSR count). The molecule has 0 aliphatic carbocycles. The Morgan fingerprint density at radius 2 is 1.63 bits per heavy atom. The fourth-order valence-electron chi connectivity index (χ4n) is 2.47. The number of rotatable bonds is 9. The molecule has 0 bridgehead atoms. The highest BCUT2D eigenvalue weighted by Crippen LogP contribution is 2.13. The number of hydrogen-bond acceptors (Lipinski definition) is 1. The quantitative estimate of drug-likeness (QED) is 0.685. The van der Waals surface area contributed by atoms with Crippen LogP contribution in [0.15, 0.2) is 24.3 Å². The van der Waals surface area contributed by atoms with Gasteiger partial charge in [0.15, 0.2) is 0 Å². The number of hydrogen-bond donors (Lipinski definition) is 1. The second kappa shape index (κ2) is 9.14. The average Bonchev–Trinajstić information content (AvgIpc) is 2.43. The Morgan fingerprint density at radius 1 is 1.00 bits per heavy atom. The second-order valence-corrected chi connectivity index (χ2v) is 5.87. The largest absolute Gasteiger partial charge is 0.314 e. The van der Waals surface area contributed by atoms with Crippen LogP contribution in [-0.4, -0.2) is 12.6 Å².